The molecular weight excluding hydrogens is 352 g/mol. The smallest absolute Gasteiger partial charge is 0.235 e. The summed E-state index contributed by atoms with van der Waals surface area (Å²) in [6.45, 7) is 8.54. The van der Waals surface area contributed by atoms with Crippen molar-refractivity contribution in [2.45, 2.75) is 24.0 Å². The lowest BCUT2D eigenvalue weighted by molar-refractivity contribution is -0.131. The lowest BCUT2D eigenvalue weighted by atomic mass is 10.2. The van der Waals surface area contributed by atoms with Crippen molar-refractivity contribution in [2.24, 2.45) is 0 Å². The summed E-state index contributed by atoms with van der Waals surface area (Å²) in [5.41, 5.74) is 2.48. The highest BCUT2D eigenvalue weighted by Gasteiger charge is 2.25. The van der Waals surface area contributed by atoms with E-state index in [-0.39, 0.29) is 11.2 Å². The molecule has 1 amide bonds. The van der Waals surface area contributed by atoms with Gasteiger partial charge in [-0.1, -0.05) is 60.2 Å². The van der Waals surface area contributed by atoms with E-state index in [9.17, 15) is 4.79 Å². The molecule has 1 aliphatic rings. The average Bonchev–Trinajstić information content (AvgIpc) is 2.70. The number of carbonyl (C=O) groups is 1. The number of hydrogen-bond acceptors (Lipinski definition) is 3. The number of amides is 1. The highest BCUT2D eigenvalue weighted by atomic mass is 32.2. The lowest BCUT2D eigenvalue weighted by Gasteiger charge is -2.35. The number of hydrogen-bond donors (Lipinski definition) is 0. The largest absolute Gasteiger partial charge is 0.339 e. The van der Waals surface area contributed by atoms with Crippen LogP contribution >= 0.6 is 11.8 Å². The maximum absolute atomic E-state index is 12.7. The van der Waals surface area contributed by atoms with Crippen molar-refractivity contribution >= 4 is 23.7 Å². The van der Waals surface area contributed by atoms with Gasteiger partial charge in [0, 0.05) is 37.6 Å². The minimum atomic E-state index is -0.0442. The summed E-state index contributed by atoms with van der Waals surface area (Å²) in [6, 6.07) is 18.8. The molecule has 0 N–H and O–H groups in total. The highest BCUT2D eigenvalue weighted by Crippen LogP contribution is 2.25. The molecule has 1 fully saturated rings. The summed E-state index contributed by atoms with van der Waals surface area (Å²) >= 11 is 1.65. The normalized spacial score (nSPS) is 16.6. The number of aryl methyl sites for hydroxylation is 1. The van der Waals surface area contributed by atoms with E-state index in [0.717, 1.165) is 37.6 Å². The van der Waals surface area contributed by atoms with Crippen LogP contribution in [0.5, 0.6) is 0 Å². The average molecular weight is 381 g/mol. The van der Waals surface area contributed by atoms with Crippen LogP contribution in [0.4, 0.5) is 0 Å². The van der Waals surface area contributed by atoms with Gasteiger partial charge >= 0.3 is 0 Å². The van der Waals surface area contributed by atoms with E-state index in [2.05, 4.69) is 72.5 Å². The molecule has 1 saturated heterocycles. The molecule has 1 atom stereocenters. The van der Waals surface area contributed by atoms with E-state index in [1.54, 1.807) is 11.8 Å². The fraction of sp³-hybridized carbons (Fsp3) is 0.348. The van der Waals surface area contributed by atoms with Gasteiger partial charge in [-0.15, -0.1) is 11.8 Å². The van der Waals surface area contributed by atoms with Crippen LogP contribution in [0, 0.1) is 6.92 Å². The number of carbonyl (C=O) groups excluding carboxylic acids is 1. The molecule has 2 aromatic carbocycles. The first-order valence-electron chi connectivity index (χ1n) is 9.58. The van der Waals surface area contributed by atoms with Crippen LogP contribution in [0.25, 0.3) is 6.08 Å². The first-order valence-corrected chi connectivity index (χ1v) is 10.5. The number of benzene rings is 2. The fourth-order valence-electron chi connectivity index (χ4n) is 3.18. The predicted molar refractivity (Wildman–Crippen MR) is 115 cm³/mol. The fourth-order valence-corrected chi connectivity index (χ4v) is 4.13. The van der Waals surface area contributed by atoms with Gasteiger partial charge in [0.1, 0.15) is 0 Å². The topological polar surface area (TPSA) is 23.6 Å². The zero-order valence-electron chi connectivity index (χ0n) is 16.2. The molecule has 1 heterocycles. The van der Waals surface area contributed by atoms with Crippen LogP contribution in [0.15, 0.2) is 65.6 Å². The molecule has 3 rings (SSSR count). The molecule has 27 heavy (non-hydrogen) atoms. The monoisotopic (exact) mass is 380 g/mol. The summed E-state index contributed by atoms with van der Waals surface area (Å²) in [4.78, 5) is 18.3. The summed E-state index contributed by atoms with van der Waals surface area (Å²) < 4.78 is 0. The van der Waals surface area contributed by atoms with Crippen LogP contribution in [-0.2, 0) is 4.79 Å². The van der Waals surface area contributed by atoms with Crippen molar-refractivity contribution in [1.82, 2.24) is 9.80 Å². The standard InChI is InChI=1S/C23H28N2OS/c1-19-10-12-22(13-11-19)27-20(2)23(26)25-17-15-24(16-18-25)14-6-9-21-7-4-3-5-8-21/h3-13,20H,14-18H2,1-2H3/b9-6+. The van der Waals surface area contributed by atoms with Gasteiger partial charge in [0.05, 0.1) is 5.25 Å². The molecule has 4 heteroatoms. The Balaban J connectivity index is 1.43. The molecule has 2 aromatic rings. The first kappa shape index (κ1) is 19.7. The van der Waals surface area contributed by atoms with Crippen LogP contribution in [0.1, 0.15) is 18.1 Å². The van der Waals surface area contributed by atoms with E-state index < -0.39 is 0 Å². The number of piperazine rings is 1. The first-order chi connectivity index (χ1) is 13.1. The van der Waals surface area contributed by atoms with Crippen molar-refractivity contribution in [3.8, 4) is 0 Å². The molecule has 0 bridgehead atoms. The number of rotatable bonds is 6. The van der Waals surface area contributed by atoms with Gasteiger partial charge in [0.25, 0.3) is 0 Å². The van der Waals surface area contributed by atoms with Crippen molar-refractivity contribution in [2.75, 3.05) is 32.7 Å². The molecule has 142 valence electrons. The van der Waals surface area contributed by atoms with E-state index >= 15 is 0 Å². The van der Waals surface area contributed by atoms with Crippen LogP contribution in [-0.4, -0.2) is 53.7 Å². The molecule has 1 aliphatic heterocycles. The summed E-state index contributed by atoms with van der Waals surface area (Å²) in [6.07, 6.45) is 4.38. The van der Waals surface area contributed by atoms with Gasteiger partial charge in [-0.05, 0) is 31.5 Å². The Morgan fingerprint density at radius 2 is 1.70 bits per heavy atom. The van der Waals surface area contributed by atoms with Crippen LogP contribution in [0.2, 0.25) is 0 Å². The van der Waals surface area contributed by atoms with Crippen LogP contribution < -0.4 is 0 Å². The van der Waals surface area contributed by atoms with Crippen molar-refractivity contribution in [3.63, 3.8) is 0 Å². The molecule has 0 aromatic heterocycles. The van der Waals surface area contributed by atoms with Gasteiger partial charge in [-0.25, -0.2) is 0 Å². The molecule has 0 spiro atoms. The summed E-state index contributed by atoms with van der Waals surface area (Å²) in [5, 5.41) is -0.0442. The van der Waals surface area contributed by atoms with Gasteiger partial charge in [0.2, 0.25) is 5.91 Å². The Kier molecular flexibility index (Phi) is 7.13. The lowest BCUT2D eigenvalue weighted by Crippen LogP contribution is -2.50. The Morgan fingerprint density at radius 1 is 1.04 bits per heavy atom. The van der Waals surface area contributed by atoms with Crippen molar-refractivity contribution < 1.29 is 4.79 Å². The Hall–Kier alpha value is -2.04. The third-order valence-electron chi connectivity index (χ3n) is 4.84. The van der Waals surface area contributed by atoms with Gasteiger partial charge in [-0.3, -0.25) is 9.69 Å². The van der Waals surface area contributed by atoms with Crippen molar-refractivity contribution in [3.05, 3.63) is 71.8 Å². The Bertz CT molecular complexity index is 750. The highest BCUT2D eigenvalue weighted by molar-refractivity contribution is 8.00. The zero-order valence-corrected chi connectivity index (χ0v) is 17.0. The molecule has 3 nitrogen and oxygen atoms in total. The summed E-state index contributed by atoms with van der Waals surface area (Å²) in [5.74, 6) is 0.250. The van der Waals surface area contributed by atoms with Gasteiger partial charge < -0.3 is 4.90 Å². The van der Waals surface area contributed by atoms with E-state index in [4.69, 9.17) is 0 Å². The Morgan fingerprint density at radius 3 is 2.37 bits per heavy atom. The maximum atomic E-state index is 12.7. The molecule has 0 saturated carbocycles. The maximum Gasteiger partial charge on any atom is 0.235 e. The third kappa shape index (κ3) is 5.98. The number of nitrogens with zero attached hydrogens (tertiary/aromatic N) is 2. The molecule has 0 aliphatic carbocycles. The van der Waals surface area contributed by atoms with E-state index in [0.29, 0.717) is 0 Å². The second kappa shape index (κ2) is 9.77. The van der Waals surface area contributed by atoms with Crippen LogP contribution in [0.3, 0.4) is 0 Å². The molecular formula is C23H28N2OS. The van der Waals surface area contributed by atoms with E-state index in [1.165, 1.54) is 11.1 Å². The van der Waals surface area contributed by atoms with Crippen molar-refractivity contribution in [1.29, 1.82) is 0 Å². The van der Waals surface area contributed by atoms with Gasteiger partial charge in [-0.2, -0.15) is 0 Å². The summed E-state index contributed by atoms with van der Waals surface area (Å²) in [7, 11) is 0. The molecule has 1 unspecified atom stereocenters. The third-order valence-corrected chi connectivity index (χ3v) is 5.94. The Labute approximate surface area is 167 Å². The predicted octanol–water partition coefficient (Wildman–Crippen LogP) is 4.33. The molecule has 0 radical (unpaired) electrons. The quantitative estimate of drug-likeness (QED) is 0.697. The zero-order chi connectivity index (χ0) is 19.1. The number of thioether (sulfide) groups is 1. The van der Waals surface area contributed by atoms with E-state index in [1.807, 2.05) is 17.9 Å². The SMILES string of the molecule is Cc1ccc(SC(C)C(=O)N2CCN(C/C=C/c3ccccc3)CC2)cc1. The minimum Gasteiger partial charge on any atom is -0.339 e. The second-order valence-electron chi connectivity index (χ2n) is 7.01. The second-order valence-corrected chi connectivity index (χ2v) is 8.43. The minimum absolute atomic E-state index is 0.0442. The van der Waals surface area contributed by atoms with Gasteiger partial charge in [0.15, 0.2) is 0 Å².